The first-order chi connectivity index (χ1) is 13.6. The van der Waals surface area contributed by atoms with Crippen LogP contribution in [0.2, 0.25) is 0 Å². The minimum Gasteiger partial charge on any atom is -0.506 e. The van der Waals surface area contributed by atoms with Crippen molar-refractivity contribution in [2.45, 2.75) is 39.7 Å². The summed E-state index contributed by atoms with van der Waals surface area (Å²) < 4.78 is 11.8. The number of aromatic hydroxyl groups is 3. The van der Waals surface area contributed by atoms with E-state index in [4.69, 9.17) is 9.15 Å². The molecule has 3 aromatic rings. The van der Waals surface area contributed by atoms with E-state index in [9.17, 15) is 20.1 Å². The maximum absolute atomic E-state index is 13.4. The number of benzene rings is 2. The van der Waals surface area contributed by atoms with Gasteiger partial charge >= 0.3 is 0 Å². The van der Waals surface area contributed by atoms with E-state index in [1.54, 1.807) is 18.2 Å². The van der Waals surface area contributed by atoms with E-state index in [2.05, 4.69) is 0 Å². The molecule has 29 heavy (non-hydrogen) atoms. The Kier molecular flexibility index (Phi) is 4.12. The Bertz CT molecular complexity index is 1290. The Hall–Kier alpha value is -3.41. The first-order valence-electron chi connectivity index (χ1n) is 9.31. The predicted molar refractivity (Wildman–Crippen MR) is 112 cm³/mol. The third-order valence-electron chi connectivity index (χ3n) is 5.02. The summed E-state index contributed by atoms with van der Waals surface area (Å²) in [4.78, 5) is 13.4. The van der Waals surface area contributed by atoms with Crippen molar-refractivity contribution in [1.29, 1.82) is 0 Å². The van der Waals surface area contributed by atoms with Crippen LogP contribution >= 0.6 is 0 Å². The van der Waals surface area contributed by atoms with Gasteiger partial charge in [-0.3, -0.25) is 4.79 Å². The van der Waals surface area contributed by atoms with E-state index in [-0.39, 0.29) is 51.2 Å². The van der Waals surface area contributed by atoms with Crippen molar-refractivity contribution < 1.29 is 24.5 Å². The summed E-state index contributed by atoms with van der Waals surface area (Å²) >= 11 is 0. The largest absolute Gasteiger partial charge is 0.506 e. The van der Waals surface area contributed by atoms with E-state index in [0.29, 0.717) is 11.3 Å². The van der Waals surface area contributed by atoms with Crippen molar-refractivity contribution in [2.75, 3.05) is 0 Å². The molecule has 0 aliphatic carbocycles. The predicted octanol–water partition coefficient (Wildman–Crippen LogP) is 4.76. The Morgan fingerprint density at radius 1 is 1.07 bits per heavy atom. The van der Waals surface area contributed by atoms with Crippen LogP contribution in [0.1, 0.15) is 38.8 Å². The van der Waals surface area contributed by atoms with Crippen LogP contribution in [0, 0.1) is 0 Å². The normalized spacial score (nSPS) is 14.6. The summed E-state index contributed by atoms with van der Waals surface area (Å²) in [5.74, 6) is -0.581. The number of ether oxygens (including phenoxy) is 1. The molecule has 0 saturated heterocycles. The second kappa shape index (κ2) is 6.30. The first-order valence-corrected chi connectivity index (χ1v) is 9.31. The fourth-order valence-corrected chi connectivity index (χ4v) is 3.55. The van der Waals surface area contributed by atoms with Crippen molar-refractivity contribution in [3.8, 4) is 23.0 Å². The minimum atomic E-state index is -0.564. The van der Waals surface area contributed by atoms with Crippen molar-refractivity contribution in [3.63, 3.8) is 0 Å². The zero-order chi connectivity index (χ0) is 21.1. The SMILES string of the molecule is CC(C)=CCc1c(O)c(O)cc2oc3cc4c(c(O)c3c(=O)c12)C=CC(C)(C)O4. The molecule has 4 rings (SSSR count). The van der Waals surface area contributed by atoms with Crippen LogP contribution in [0.15, 0.2) is 39.1 Å². The number of hydrogen-bond donors (Lipinski definition) is 3. The molecule has 0 saturated carbocycles. The molecule has 1 aliphatic heterocycles. The maximum Gasteiger partial charge on any atom is 0.204 e. The third-order valence-corrected chi connectivity index (χ3v) is 5.02. The fraction of sp³-hybridized carbons (Fsp3) is 0.261. The van der Waals surface area contributed by atoms with E-state index >= 15 is 0 Å². The molecule has 1 aliphatic rings. The maximum atomic E-state index is 13.4. The highest BCUT2D eigenvalue weighted by molar-refractivity contribution is 5.99. The van der Waals surface area contributed by atoms with Crippen LogP contribution in [0.25, 0.3) is 28.0 Å². The van der Waals surface area contributed by atoms with E-state index in [0.717, 1.165) is 5.57 Å². The lowest BCUT2D eigenvalue weighted by molar-refractivity contribution is 0.158. The van der Waals surface area contributed by atoms with E-state index in [1.165, 1.54) is 6.07 Å². The van der Waals surface area contributed by atoms with Crippen molar-refractivity contribution in [1.82, 2.24) is 0 Å². The number of hydrogen-bond acceptors (Lipinski definition) is 6. The average Bonchev–Trinajstić information content (AvgIpc) is 2.61. The fourth-order valence-electron chi connectivity index (χ4n) is 3.55. The molecule has 2 aromatic carbocycles. The van der Waals surface area contributed by atoms with Gasteiger partial charge in [-0.25, -0.2) is 0 Å². The van der Waals surface area contributed by atoms with Gasteiger partial charge in [0.05, 0.1) is 10.9 Å². The van der Waals surface area contributed by atoms with Crippen LogP contribution in [0.4, 0.5) is 0 Å². The van der Waals surface area contributed by atoms with Gasteiger partial charge in [-0.05, 0) is 46.3 Å². The van der Waals surface area contributed by atoms with Gasteiger partial charge < -0.3 is 24.5 Å². The summed E-state index contributed by atoms with van der Waals surface area (Å²) in [5, 5.41) is 31.5. The molecule has 0 bridgehead atoms. The van der Waals surface area contributed by atoms with E-state index < -0.39 is 11.0 Å². The molecule has 1 aromatic heterocycles. The van der Waals surface area contributed by atoms with Gasteiger partial charge in [-0.15, -0.1) is 0 Å². The molecule has 0 amide bonds. The lowest BCUT2D eigenvalue weighted by Crippen LogP contribution is -2.27. The topological polar surface area (TPSA) is 100 Å². The van der Waals surface area contributed by atoms with Crippen molar-refractivity contribution >= 4 is 28.0 Å². The standard InChI is InChI=1S/C23H22O6/c1-11(2)5-6-13-18-16(9-14(24)20(13)25)28-17-10-15-12(7-8-23(3,4)29-15)21(26)19(17)22(18)27/h5,7-10,24-26H,6H2,1-4H3. The lowest BCUT2D eigenvalue weighted by Gasteiger charge is -2.28. The second-order valence-corrected chi connectivity index (χ2v) is 8.06. The van der Waals surface area contributed by atoms with Crippen LogP contribution in [-0.4, -0.2) is 20.9 Å². The second-order valence-electron chi connectivity index (χ2n) is 8.06. The van der Waals surface area contributed by atoms with Crippen LogP contribution < -0.4 is 10.2 Å². The Morgan fingerprint density at radius 3 is 2.45 bits per heavy atom. The highest BCUT2D eigenvalue weighted by Gasteiger charge is 2.27. The Morgan fingerprint density at radius 2 is 1.76 bits per heavy atom. The Labute approximate surface area is 167 Å². The highest BCUT2D eigenvalue weighted by Crippen LogP contribution is 2.43. The molecule has 0 unspecified atom stereocenters. The molecule has 0 fully saturated rings. The summed E-state index contributed by atoms with van der Waals surface area (Å²) in [7, 11) is 0. The van der Waals surface area contributed by atoms with Gasteiger partial charge in [0.25, 0.3) is 0 Å². The molecule has 0 atom stereocenters. The monoisotopic (exact) mass is 394 g/mol. The molecular formula is C23H22O6. The molecule has 6 heteroatoms. The summed E-state index contributed by atoms with van der Waals surface area (Å²) in [6.45, 7) is 7.54. The Balaban J connectivity index is 2.11. The number of phenolic OH excluding ortho intramolecular Hbond substituents is 3. The number of allylic oxidation sites excluding steroid dienone is 2. The molecule has 2 heterocycles. The number of phenols is 3. The lowest BCUT2D eigenvalue weighted by atomic mass is 9.97. The van der Waals surface area contributed by atoms with Crippen LogP contribution in [0.3, 0.4) is 0 Å². The zero-order valence-corrected chi connectivity index (χ0v) is 16.7. The summed E-state index contributed by atoms with van der Waals surface area (Å²) in [5.41, 5.74) is 0.869. The average molecular weight is 394 g/mol. The van der Waals surface area contributed by atoms with Gasteiger partial charge in [0.1, 0.15) is 33.7 Å². The van der Waals surface area contributed by atoms with Gasteiger partial charge in [-0.1, -0.05) is 11.6 Å². The van der Waals surface area contributed by atoms with Crippen molar-refractivity contribution in [3.05, 3.63) is 51.2 Å². The molecular weight excluding hydrogens is 372 g/mol. The first kappa shape index (κ1) is 18.9. The molecule has 150 valence electrons. The molecule has 0 spiro atoms. The smallest absolute Gasteiger partial charge is 0.204 e. The molecule has 6 nitrogen and oxygen atoms in total. The molecule has 3 N–H and O–H groups in total. The highest BCUT2D eigenvalue weighted by atomic mass is 16.5. The van der Waals surface area contributed by atoms with Crippen LogP contribution in [0.5, 0.6) is 23.0 Å². The molecule has 0 radical (unpaired) electrons. The van der Waals surface area contributed by atoms with Gasteiger partial charge in [0, 0.05) is 17.7 Å². The van der Waals surface area contributed by atoms with Gasteiger partial charge in [0.15, 0.2) is 11.5 Å². The quantitative estimate of drug-likeness (QED) is 0.329. The van der Waals surface area contributed by atoms with E-state index in [1.807, 2.05) is 33.8 Å². The summed E-state index contributed by atoms with van der Waals surface area (Å²) in [6, 6.07) is 2.77. The van der Waals surface area contributed by atoms with Gasteiger partial charge in [0.2, 0.25) is 5.43 Å². The number of rotatable bonds is 2. The van der Waals surface area contributed by atoms with Crippen LogP contribution in [-0.2, 0) is 6.42 Å². The number of fused-ring (bicyclic) bond motifs is 3. The third kappa shape index (κ3) is 3.01. The minimum absolute atomic E-state index is 0.00717. The van der Waals surface area contributed by atoms with Gasteiger partial charge in [-0.2, -0.15) is 0 Å². The summed E-state index contributed by atoms with van der Waals surface area (Å²) in [6.07, 6.45) is 5.59. The van der Waals surface area contributed by atoms with Crippen molar-refractivity contribution in [2.24, 2.45) is 0 Å². The zero-order valence-electron chi connectivity index (χ0n) is 16.7.